The first-order chi connectivity index (χ1) is 12.6. The molecular formula is C20H17FN2O2S. The highest BCUT2D eigenvalue weighted by atomic mass is 32.1. The minimum atomic E-state index is -0.474. The molecule has 3 aromatic rings. The summed E-state index contributed by atoms with van der Waals surface area (Å²) in [4.78, 5) is 18.8. The molecule has 0 saturated heterocycles. The number of anilines is 2. The van der Waals surface area contributed by atoms with Gasteiger partial charge in [0.1, 0.15) is 0 Å². The average Bonchev–Trinajstić information content (AvgIpc) is 3.07. The first-order valence-electron chi connectivity index (χ1n) is 7.91. The zero-order chi connectivity index (χ0) is 18.5. The number of ether oxygens (including phenoxy) is 1. The van der Waals surface area contributed by atoms with Crippen molar-refractivity contribution in [1.82, 2.24) is 4.98 Å². The summed E-state index contributed by atoms with van der Waals surface area (Å²) in [5.41, 5.74) is 2.14. The number of carbonyl (C=O) groups is 1. The number of aryl methyl sites for hydroxylation is 1. The van der Waals surface area contributed by atoms with Gasteiger partial charge in [-0.05, 0) is 42.8 Å². The van der Waals surface area contributed by atoms with Gasteiger partial charge in [0.15, 0.2) is 16.7 Å². The van der Waals surface area contributed by atoms with Gasteiger partial charge in [0.05, 0.1) is 18.5 Å². The quantitative estimate of drug-likeness (QED) is 0.597. The second-order valence-electron chi connectivity index (χ2n) is 5.51. The van der Waals surface area contributed by atoms with Gasteiger partial charge in [-0.2, -0.15) is 0 Å². The molecular weight excluding hydrogens is 351 g/mol. The van der Waals surface area contributed by atoms with Gasteiger partial charge in [-0.1, -0.05) is 24.3 Å². The highest BCUT2D eigenvalue weighted by Crippen LogP contribution is 2.29. The molecule has 0 saturated carbocycles. The van der Waals surface area contributed by atoms with Crippen LogP contribution in [0.3, 0.4) is 0 Å². The fraction of sp³-hybridized carbons (Fsp3) is 0.100. The number of rotatable bonds is 5. The molecule has 4 nitrogen and oxygen atoms in total. The van der Waals surface area contributed by atoms with Crippen LogP contribution >= 0.6 is 11.3 Å². The molecule has 6 heteroatoms. The van der Waals surface area contributed by atoms with Crippen molar-refractivity contribution in [3.05, 3.63) is 77.1 Å². The third-order valence-electron chi connectivity index (χ3n) is 3.63. The van der Waals surface area contributed by atoms with Gasteiger partial charge in [0.25, 0.3) is 5.91 Å². The Morgan fingerprint density at radius 2 is 2.00 bits per heavy atom. The highest BCUT2D eigenvalue weighted by Gasteiger charge is 2.18. The predicted octanol–water partition coefficient (Wildman–Crippen LogP) is 4.98. The molecule has 0 spiro atoms. The minimum absolute atomic E-state index is 0.164. The van der Waals surface area contributed by atoms with E-state index >= 15 is 0 Å². The Labute approximate surface area is 155 Å². The Hall–Kier alpha value is -2.99. The molecule has 132 valence electrons. The van der Waals surface area contributed by atoms with Crippen molar-refractivity contribution < 1.29 is 13.9 Å². The summed E-state index contributed by atoms with van der Waals surface area (Å²) >= 11 is 1.39. The van der Waals surface area contributed by atoms with Gasteiger partial charge in [-0.3, -0.25) is 9.69 Å². The van der Waals surface area contributed by atoms with E-state index in [-0.39, 0.29) is 11.7 Å². The van der Waals surface area contributed by atoms with Crippen molar-refractivity contribution in [2.45, 2.75) is 6.92 Å². The van der Waals surface area contributed by atoms with Crippen molar-refractivity contribution in [3.8, 4) is 5.75 Å². The zero-order valence-electron chi connectivity index (χ0n) is 14.3. The molecule has 0 bridgehead atoms. The van der Waals surface area contributed by atoms with E-state index in [1.165, 1.54) is 41.6 Å². The van der Waals surface area contributed by atoms with Crippen LogP contribution in [-0.2, 0) is 4.79 Å². The molecule has 0 N–H and O–H groups in total. The maximum Gasteiger partial charge on any atom is 0.257 e. The predicted molar refractivity (Wildman–Crippen MR) is 102 cm³/mol. The maximum absolute atomic E-state index is 13.8. The molecule has 1 amide bonds. The van der Waals surface area contributed by atoms with Crippen molar-refractivity contribution in [2.75, 3.05) is 12.0 Å². The number of aromatic nitrogens is 1. The maximum atomic E-state index is 13.8. The van der Waals surface area contributed by atoms with Crippen LogP contribution in [0, 0.1) is 12.7 Å². The van der Waals surface area contributed by atoms with E-state index in [2.05, 4.69) is 4.98 Å². The van der Waals surface area contributed by atoms with Crippen molar-refractivity contribution >= 4 is 34.1 Å². The molecule has 0 atom stereocenters. The van der Waals surface area contributed by atoms with E-state index in [0.717, 1.165) is 11.4 Å². The van der Waals surface area contributed by atoms with Gasteiger partial charge < -0.3 is 4.74 Å². The van der Waals surface area contributed by atoms with Crippen LogP contribution in [0.5, 0.6) is 5.75 Å². The van der Waals surface area contributed by atoms with Crippen LogP contribution in [0.1, 0.15) is 11.3 Å². The Morgan fingerprint density at radius 3 is 2.62 bits per heavy atom. The molecule has 3 rings (SSSR count). The van der Waals surface area contributed by atoms with Crippen LogP contribution < -0.4 is 9.64 Å². The smallest absolute Gasteiger partial charge is 0.257 e. The third kappa shape index (κ3) is 3.97. The molecule has 0 unspecified atom stereocenters. The lowest BCUT2D eigenvalue weighted by Gasteiger charge is -2.18. The van der Waals surface area contributed by atoms with E-state index in [9.17, 15) is 9.18 Å². The molecule has 0 fully saturated rings. The number of halogens is 1. The van der Waals surface area contributed by atoms with Crippen molar-refractivity contribution in [3.63, 3.8) is 0 Å². The fourth-order valence-corrected chi connectivity index (χ4v) is 3.21. The first-order valence-corrected chi connectivity index (χ1v) is 8.79. The zero-order valence-corrected chi connectivity index (χ0v) is 15.2. The molecule has 0 radical (unpaired) electrons. The lowest BCUT2D eigenvalue weighted by Crippen LogP contribution is -2.23. The fourth-order valence-electron chi connectivity index (χ4n) is 2.38. The minimum Gasteiger partial charge on any atom is -0.494 e. The van der Waals surface area contributed by atoms with Crippen molar-refractivity contribution in [1.29, 1.82) is 0 Å². The monoisotopic (exact) mass is 368 g/mol. The normalized spacial score (nSPS) is 10.9. The second kappa shape index (κ2) is 7.93. The Balaban J connectivity index is 1.89. The standard InChI is InChI=1S/C20H17FN2O2S/c1-14-13-26-20(22-14)23(16-6-4-3-5-7-16)19(24)11-9-15-8-10-18(25-2)17(21)12-15/h3-13H,1-2H3/b11-9+. The van der Waals surface area contributed by atoms with Gasteiger partial charge in [0, 0.05) is 11.5 Å². The molecule has 2 aromatic carbocycles. The second-order valence-corrected chi connectivity index (χ2v) is 6.34. The summed E-state index contributed by atoms with van der Waals surface area (Å²) < 4.78 is 18.7. The number of benzene rings is 2. The first kappa shape index (κ1) is 17.8. The number of hydrogen-bond acceptors (Lipinski definition) is 4. The molecule has 1 aromatic heterocycles. The summed E-state index contributed by atoms with van der Waals surface area (Å²) in [6.45, 7) is 1.88. The molecule has 1 heterocycles. The van der Waals surface area contributed by atoms with Crippen molar-refractivity contribution in [2.24, 2.45) is 0 Å². The Morgan fingerprint density at radius 1 is 1.23 bits per heavy atom. The van der Waals surface area contributed by atoms with Gasteiger partial charge >= 0.3 is 0 Å². The third-order valence-corrected chi connectivity index (χ3v) is 4.57. The SMILES string of the molecule is COc1ccc(/C=C/C(=O)N(c2ccccc2)c2nc(C)cs2)cc1F. The Bertz CT molecular complexity index is 938. The lowest BCUT2D eigenvalue weighted by atomic mass is 10.2. The number of thiazole rings is 1. The van der Waals surface area contributed by atoms with E-state index in [1.807, 2.05) is 42.6 Å². The van der Waals surface area contributed by atoms with Gasteiger partial charge in [0.2, 0.25) is 0 Å². The summed E-state index contributed by atoms with van der Waals surface area (Å²) in [7, 11) is 1.41. The molecule has 0 aliphatic heterocycles. The number of hydrogen-bond donors (Lipinski definition) is 0. The number of carbonyl (C=O) groups excluding carboxylic acids is 1. The van der Waals surface area contributed by atoms with Crippen LogP contribution in [-0.4, -0.2) is 18.0 Å². The van der Waals surface area contributed by atoms with Crippen LogP contribution in [0.25, 0.3) is 6.08 Å². The average molecular weight is 368 g/mol. The highest BCUT2D eigenvalue weighted by molar-refractivity contribution is 7.14. The van der Waals surface area contributed by atoms with E-state index in [4.69, 9.17) is 4.74 Å². The summed E-state index contributed by atoms with van der Waals surface area (Å²) in [5.74, 6) is -0.572. The van der Waals surface area contributed by atoms with Crippen LogP contribution in [0.2, 0.25) is 0 Å². The number of para-hydroxylation sites is 1. The Kier molecular flexibility index (Phi) is 5.43. The number of nitrogens with zero attached hydrogens (tertiary/aromatic N) is 2. The van der Waals surface area contributed by atoms with Gasteiger partial charge in [-0.25, -0.2) is 9.37 Å². The number of amides is 1. The topological polar surface area (TPSA) is 42.4 Å². The summed E-state index contributed by atoms with van der Waals surface area (Å²) in [6.07, 6.45) is 2.98. The number of methoxy groups -OCH3 is 1. The molecule has 26 heavy (non-hydrogen) atoms. The van der Waals surface area contributed by atoms with Crippen LogP contribution in [0.4, 0.5) is 15.2 Å². The summed E-state index contributed by atoms with van der Waals surface area (Å²) in [6, 6.07) is 13.8. The largest absolute Gasteiger partial charge is 0.494 e. The summed E-state index contributed by atoms with van der Waals surface area (Å²) in [5, 5.41) is 2.48. The lowest BCUT2D eigenvalue weighted by molar-refractivity contribution is -0.113. The molecule has 0 aliphatic carbocycles. The van der Waals surface area contributed by atoms with Gasteiger partial charge in [-0.15, -0.1) is 11.3 Å². The molecule has 0 aliphatic rings. The van der Waals surface area contributed by atoms with Crippen LogP contribution in [0.15, 0.2) is 60.0 Å². The van der Waals surface area contributed by atoms with E-state index in [0.29, 0.717) is 10.7 Å². The van der Waals surface area contributed by atoms with E-state index in [1.54, 1.807) is 12.1 Å². The van der Waals surface area contributed by atoms with E-state index < -0.39 is 5.82 Å².